The number of rotatable bonds is 11. The van der Waals surface area contributed by atoms with Crippen molar-refractivity contribution in [3.05, 3.63) is 0 Å². The van der Waals surface area contributed by atoms with E-state index in [-0.39, 0.29) is 5.54 Å². The highest BCUT2D eigenvalue weighted by atomic mass is 15.2. The van der Waals surface area contributed by atoms with Crippen LogP contribution in [0.5, 0.6) is 0 Å². The minimum absolute atomic E-state index is 0.227. The summed E-state index contributed by atoms with van der Waals surface area (Å²) >= 11 is 0. The summed E-state index contributed by atoms with van der Waals surface area (Å²) in [5, 5.41) is 0. The zero-order valence-corrected chi connectivity index (χ0v) is 14.3. The molecule has 2 nitrogen and oxygen atoms in total. The van der Waals surface area contributed by atoms with Gasteiger partial charge in [0.1, 0.15) is 0 Å². The molecule has 0 saturated carbocycles. The summed E-state index contributed by atoms with van der Waals surface area (Å²) in [6, 6.07) is 0.684. The van der Waals surface area contributed by atoms with Crippen molar-refractivity contribution in [2.45, 2.75) is 91.6 Å². The maximum absolute atomic E-state index is 6.26. The van der Waals surface area contributed by atoms with Crippen LogP contribution in [0.3, 0.4) is 0 Å². The van der Waals surface area contributed by atoms with Crippen LogP contribution in [0.4, 0.5) is 0 Å². The van der Waals surface area contributed by atoms with E-state index >= 15 is 0 Å². The molecule has 0 unspecified atom stereocenters. The molecule has 0 aromatic heterocycles. The van der Waals surface area contributed by atoms with Crippen molar-refractivity contribution in [3.63, 3.8) is 0 Å². The maximum atomic E-state index is 6.26. The lowest BCUT2D eigenvalue weighted by Crippen LogP contribution is -2.58. The summed E-state index contributed by atoms with van der Waals surface area (Å²) in [7, 11) is 0. The van der Waals surface area contributed by atoms with Crippen LogP contribution in [0.15, 0.2) is 0 Å². The first-order valence-corrected chi connectivity index (χ1v) is 8.47. The first kappa shape index (κ1) is 18.9. The van der Waals surface area contributed by atoms with E-state index in [0.29, 0.717) is 12.0 Å². The van der Waals surface area contributed by atoms with Crippen molar-refractivity contribution < 1.29 is 0 Å². The topological polar surface area (TPSA) is 29.3 Å². The standard InChI is InChI=1S/C17H38N2/c1-7-11-17(14-18,12-8-2)19(13-15(5)6)16(9-3)10-4/h15-16H,7-14,18H2,1-6H3. The summed E-state index contributed by atoms with van der Waals surface area (Å²) in [6.45, 7) is 15.9. The predicted octanol–water partition coefficient (Wildman–Crippen LogP) is 4.43. The van der Waals surface area contributed by atoms with Gasteiger partial charge in [0.2, 0.25) is 0 Å². The monoisotopic (exact) mass is 270 g/mol. The lowest BCUT2D eigenvalue weighted by Gasteiger charge is -2.48. The van der Waals surface area contributed by atoms with Crippen LogP contribution >= 0.6 is 0 Å². The molecule has 0 spiro atoms. The van der Waals surface area contributed by atoms with Crippen molar-refractivity contribution in [1.82, 2.24) is 4.90 Å². The average molecular weight is 271 g/mol. The normalized spacial score (nSPS) is 12.9. The van der Waals surface area contributed by atoms with E-state index in [4.69, 9.17) is 5.73 Å². The number of hydrogen-bond acceptors (Lipinski definition) is 2. The van der Waals surface area contributed by atoms with Crippen molar-refractivity contribution in [1.29, 1.82) is 0 Å². The molecule has 0 heterocycles. The van der Waals surface area contributed by atoms with Crippen LogP contribution in [-0.2, 0) is 0 Å². The van der Waals surface area contributed by atoms with Crippen molar-refractivity contribution in [2.75, 3.05) is 13.1 Å². The van der Waals surface area contributed by atoms with E-state index in [2.05, 4.69) is 46.4 Å². The van der Waals surface area contributed by atoms with Gasteiger partial charge in [-0.25, -0.2) is 0 Å². The molecule has 0 aromatic carbocycles. The second kappa shape index (κ2) is 9.77. The molecule has 19 heavy (non-hydrogen) atoms. The Labute approximate surface area is 122 Å². The van der Waals surface area contributed by atoms with E-state index in [1.807, 2.05) is 0 Å². The Morgan fingerprint density at radius 3 is 1.68 bits per heavy atom. The quantitative estimate of drug-likeness (QED) is 0.602. The zero-order valence-electron chi connectivity index (χ0n) is 14.3. The van der Waals surface area contributed by atoms with Crippen LogP contribution in [0, 0.1) is 5.92 Å². The molecule has 0 bridgehead atoms. The maximum Gasteiger partial charge on any atom is 0.0334 e. The van der Waals surface area contributed by atoms with Gasteiger partial charge in [-0.05, 0) is 31.6 Å². The molecule has 2 heteroatoms. The summed E-state index contributed by atoms with van der Waals surface area (Å²) < 4.78 is 0. The highest BCUT2D eigenvalue weighted by molar-refractivity contribution is 4.94. The lowest BCUT2D eigenvalue weighted by atomic mass is 9.84. The van der Waals surface area contributed by atoms with Crippen molar-refractivity contribution in [3.8, 4) is 0 Å². The van der Waals surface area contributed by atoms with Gasteiger partial charge < -0.3 is 5.73 Å². The van der Waals surface area contributed by atoms with Crippen LogP contribution in [0.1, 0.15) is 80.1 Å². The van der Waals surface area contributed by atoms with Gasteiger partial charge in [0.25, 0.3) is 0 Å². The average Bonchev–Trinajstić information content (AvgIpc) is 2.38. The Kier molecular flexibility index (Phi) is 9.72. The fraction of sp³-hybridized carbons (Fsp3) is 1.00. The third-order valence-corrected chi connectivity index (χ3v) is 4.37. The molecule has 0 aliphatic carbocycles. The zero-order chi connectivity index (χ0) is 14.9. The summed E-state index contributed by atoms with van der Waals surface area (Å²) in [5.41, 5.74) is 6.49. The van der Waals surface area contributed by atoms with Gasteiger partial charge in [-0.3, -0.25) is 4.90 Å². The summed E-state index contributed by atoms with van der Waals surface area (Å²) in [4.78, 5) is 2.77. The molecule has 0 aliphatic heterocycles. The second-order valence-electron chi connectivity index (χ2n) is 6.44. The molecular formula is C17H38N2. The van der Waals surface area contributed by atoms with E-state index in [1.54, 1.807) is 0 Å². The molecule has 0 aromatic rings. The Morgan fingerprint density at radius 1 is 0.947 bits per heavy atom. The minimum Gasteiger partial charge on any atom is -0.329 e. The molecular weight excluding hydrogens is 232 g/mol. The Balaban J connectivity index is 5.30. The number of hydrogen-bond donors (Lipinski definition) is 1. The molecule has 0 amide bonds. The van der Waals surface area contributed by atoms with E-state index in [0.717, 1.165) is 6.54 Å². The first-order chi connectivity index (χ1) is 9.01. The van der Waals surface area contributed by atoms with Gasteiger partial charge in [0, 0.05) is 24.7 Å². The first-order valence-electron chi connectivity index (χ1n) is 8.47. The van der Waals surface area contributed by atoms with Gasteiger partial charge in [0.05, 0.1) is 0 Å². The molecule has 0 saturated heterocycles. The Bertz CT molecular complexity index is 203. The molecule has 0 fully saturated rings. The Morgan fingerprint density at radius 2 is 1.42 bits per heavy atom. The highest BCUT2D eigenvalue weighted by Gasteiger charge is 2.37. The van der Waals surface area contributed by atoms with Gasteiger partial charge >= 0.3 is 0 Å². The van der Waals surface area contributed by atoms with Crippen LogP contribution in [-0.4, -0.2) is 29.6 Å². The largest absolute Gasteiger partial charge is 0.329 e. The fourth-order valence-corrected chi connectivity index (χ4v) is 3.52. The third kappa shape index (κ3) is 5.43. The highest BCUT2D eigenvalue weighted by Crippen LogP contribution is 2.31. The molecule has 0 radical (unpaired) electrons. The molecule has 2 N–H and O–H groups in total. The second-order valence-corrected chi connectivity index (χ2v) is 6.44. The SMILES string of the molecule is CCCC(CN)(CCC)N(CC(C)C)C(CC)CC. The van der Waals surface area contributed by atoms with E-state index in [9.17, 15) is 0 Å². The van der Waals surface area contributed by atoms with Gasteiger partial charge in [-0.1, -0.05) is 54.4 Å². The van der Waals surface area contributed by atoms with Gasteiger partial charge in [-0.15, -0.1) is 0 Å². The molecule has 0 rings (SSSR count). The number of nitrogens with zero attached hydrogens (tertiary/aromatic N) is 1. The minimum atomic E-state index is 0.227. The predicted molar refractivity (Wildman–Crippen MR) is 87.5 cm³/mol. The molecule has 116 valence electrons. The van der Waals surface area contributed by atoms with Crippen LogP contribution in [0.25, 0.3) is 0 Å². The summed E-state index contributed by atoms with van der Waals surface area (Å²) in [6.07, 6.45) is 7.40. The molecule has 0 aliphatic rings. The van der Waals surface area contributed by atoms with Crippen LogP contribution < -0.4 is 5.73 Å². The smallest absolute Gasteiger partial charge is 0.0334 e. The van der Waals surface area contributed by atoms with Crippen molar-refractivity contribution in [2.24, 2.45) is 11.7 Å². The van der Waals surface area contributed by atoms with Gasteiger partial charge in [-0.2, -0.15) is 0 Å². The lowest BCUT2D eigenvalue weighted by molar-refractivity contribution is 0.0178. The van der Waals surface area contributed by atoms with E-state index < -0.39 is 0 Å². The number of nitrogens with two attached hydrogens (primary N) is 1. The Hall–Kier alpha value is -0.0800. The summed E-state index contributed by atoms with van der Waals surface area (Å²) in [5.74, 6) is 0.709. The fourth-order valence-electron chi connectivity index (χ4n) is 3.52. The van der Waals surface area contributed by atoms with E-state index in [1.165, 1.54) is 45.1 Å². The van der Waals surface area contributed by atoms with Gasteiger partial charge in [0.15, 0.2) is 0 Å². The van der Waals surface area contributed by atoms with Crippen molar-refractivity contribution >= 4 is 0 Å². The molecule has 0 atom stereocenters. The van der Waals surface area contributed by atoms with Crippen LogP contribution in [0.2, 0.25) is 0 Å². The third-order valence-electron chi connectivity index (χ3n) is 4.37.